The van der Waals surface area contributed by atoms with Crippen molar-refractivity contribution in [2.75, 3.05) is 0 Å². The second-order valence-electron chi connectivity index (χ2n) is 6.17. The molecule has 1 saturated carbocycles. The molecule has 0 radical (unpaired) electrons. The molecular weight excluding hydrogens is 212 g/mol. The van der Waals surface area contributed by atoms with Crippen LogP contribution in [-0.2, 0) is 9.53 Å². The van der Waals surface area contributed by atoms with Crippen molar-refractivity contribution < 1.29 is 9.53 Å². The van der Waals surface area contributed by atoms with Crippen LogP contribution in [0.5, 0.6) is 0 Å². The maximum Gasteiger partial charge on any atom is 0.334 e. The Bertz CT molecular complexity index is 421. The molecule has 0 aromatic carbocycles. The molecule has 3 aliphatic rings. The molecule has 0 aromatic heterocycles. The summed E-state index contributed by atoms with van der Waals surface area (Å²) in [5.74, 6) is 0.607. The number of esters is 1. The fourth-order valence-electron chi connectivity index (χ4n) is 3.94. The van der Waals surface area contributed by atoms with Crippen LogP contribution in [0.3, 0.4) is 0 Å². The maximum absolute atomic E-state index is 11.6. The van der Waals surface area contributed by atoms with Gasteiger partial charge in [-0.3, -0.25) is 0 Å². The first-order chi connectivity index (χ1) is 8.01. The summed E-state index contributed by atoms with van der Waals surface area (Å²) in [5, 5.41) is 0. The van der Waals surface area contributed by atoms with E-state index < -0.39 is 0 Å². The fraction of sp³-hybridized carbons (Fsp3) is 0.667. The molecular formula is C15H20O2. The van der Waals surface area contributed by atoms with Crippen LogP contribution in [0.15, 0.2) is 23.8 Å². The average Bonchev–Trinajstić information content (AvgIpc) is 2.52. The lowest BCUT2D eigenvalue weighted by Gasteiger charge is -2.45. The van der Waals surface area contributed by atoms with Gasteiger partial charge >= 0.3 is 5.97 Å². The van der Waals surface area contributed by atoms with E-state index in [1.54, 1.807) is 5.57 Å². The van der Waals surface area contributed by atoms with Crippen molar-refractivity contribution in [1.29, 1.82) is 0 Å². The van der Waals surface area contributed by atoms with E-state index in [1.807, 2.05) is 0 Å². The Morgan fingerprint density at radius 3 is 3.06 bits per heavy atom. The number of allylic oxidation sites excluding steroid dienone is 1. The molecule has 2 aliphatic carbocycles. The smallest absolute Gasteiger partial charge is 0.334 e. The minimum absolute atomic E-state index is 0.0500. The van der Waals surface area contributed by atoms with Crippen molar-refractivity contribution in [3.05, 3.63) is 23.8 Å². The summed E-state index contributed by atoms with van der Waals surface area (Å²) in [6.45, 7) is 8.53. The molecule has 3 rings (SSSR count). The highest BCUT2D eigenvalue weighted by atomic mass is 16.6. The molecule has 0 bridgehead atoms. The second-order valence-corrected chi connectivity index (χ2v) is 6.17. The van der Waals surface area contributed by atoms with Crippen LogP contribution >= 0.6 is 0 Å². The van der Waals surface area contributed by atoms with Gasteiger partial charge in [0.05, 0.1) is 0 Å². The first kappa shape index (κ1) is 11.1. The molecule has 2 fully saturated rings. The highest BCUT2D eigenvalue weighted by Gasteiger charge is 2.48. The third-order valence-electron chi connectivity index (χ3n) is 4.93. The number of hydrogen-bond donors (Lipinski definition) is 0. The third-order valence-corrected chi connectivity index (χ3v) is 4.93. The first-order valence-electron chi connectivity index (χ1n) is 6.63. The van der Waals surface area contributed by atoms with Crippen LogP contribution in [0.4, 0.5) is 0 Å². The van der Waals surface area contributed by atoms with Crippen LogP contribution < -0.4 is 0 Å². The SMILES string of the molecule is C=C1C(=O)OC2C[C@@]3(C)CCCC(C)C3=CC12. The zero-order valence-corrected chi connectivity index (χ0v) is 10.7. The van der Waals surface area contributed by atoms with Gasteiger partial charge in [-0.15, -0.1) is 0 Å². The number of carbonyl (C=O) groups is 1. The van der Waals surface area contributed by atoms with E-state index in [1.165, 1.54) is 19.3 Å². The Morgan fingerprint density at radius 2 is 2.29 bits per heavy atom. The molecule has 2 nitrogen and oxygen atoms in total. The van der Waals surface area contributed by atoms with E-state index in [2.05, 4.69) is 26.5 Å². The molecule has 0 amide bonds. The molecule has 1 heterocycles. The Hall–Kier alpha value is -1.05. The van der Waals surface area contributed by atoms with Crippen LogP contribution in [0.2, 0.25) is 0 Å². The summed E-state index contributed by atoms with van der Waals surface area (Å²) in [6, 6.07) is 0. The van der Waals surface area contributed by atoms with Gasteiger partial charge in [-0.25, -0.2) is 4.79 Å². The average molecular weight is 232 g/mol. The molecule has 2 heteroatoms. The van der Waals surface area contributed by atoms with Crippen molar-refractivity contribution in [2.45, 2.75) is 45.6 Å². The summed E-state index contributed by atoms with van der Waals surface area (Å²) >= 11 is 0. The van der Waals surface area contributed by atoms with Crippen molar-refractivity contribution in [2.24, 2.45) is 17.3 Å². The van der Waals surface area contributed by atoms with Crippen LogP contribution in [0.25, 0.3) is 0 Å². The van der Waals surface area contributed by atoms with Gasteiger partial charge < -0.3 is 4.74 Å². The molecule has 92 valence electrons. The summed E-state index contributed by atoms with van der Waals surface area (Å²) < 4.78 is 5.44. The predicted molar refractivity (Wildman–Crippen MR) is 66.3 cm³/mol. The summed E-state index contributed by atoms with van der Waals surface area (Å²) in [5.41, 5.74) is 2.45. The van der Waals surface area contributed by atoms with Crippen molar-refractivity contribution in [1.82, 2.24) is 0 Å². The van der Waals surface area contributed by atoms with Crippen LogP contribution in [0.1, 0.15) is 39.5 Å². The molecule has 0 aromatic rings. The summed E-state index contributed by atoms with van der Waals surface area (Å²) in [4.78, 5) is 11.6. The van der Waals surface area contributed by atoms with Gasteiger partial charge in [0.15, 0.2) is 0 Å². The Labute approximate surface area is 103 Å². The number of rotatable bonds is 0. The number of fused-ring (bicyclic) bond motifs is 2. The van der Waals surface area contributed by atoms with E-state index >= 15 is 0 Å². The maximum atomic E-state index is 11.6. The van der Waals surface area contributed by atoms with Gasteiger partial charge in [0, 0.05) is 11.5 Å². The quantitative estimate of drug-likeness (QED) is 0.364. The van der Waals surface area contributed by atoms with Crippen molar-refractivity contribution >= 4 is 5.97 Å². The largest absolute Gasteiger partial charge is 0.458 e. The normalized spacial score (nSPS) is 44.8. The van der Waals surface area contributed by atoms with E-state index in [0.717, 1.165) is 6.42 Å². The lowest BCUT2D eigenvalue weighted by Crippen LogP contribution is -2.38. The third kappa shape index (κ3) is 1.50. The molecule has 17 heavy (non-hydrogen) atoms. The van der Waals surface area contributed by atoms with Gasteiger partial charge in [0.25, 0.3) is 0 Å². The van der Waals surface area contributed by atoms with Crippen LogP contribution in [-0.4, -0.2) is 12.1 Å². The summed E-state index contributed by atoms with van der Waals surface area (Å²) in [6.07, 6.45) is 7.13. The monoisotopic (exact) mass is 232 g/mol. The number of hydrogen-bond acceptors (Lipinski definition) is 2. The van der Waals surface area contributed by atoms with E-state index in [0.29, 0.717) is 11.5 Å². The molecule has 1 saturated heterocycles. The van der Waals surface area contributed by atoms with Gasteiger partial charge in [-0.1, -0.05) is 38.5 Å². The zero-order chi connectivity index (χ0) is 12.2. The van der Waals surface area contributed by atoms with Gasteiger partial charge in [0.2, 0.25) is 0 Å². The van der Waals surface area contributed by atoms with Gasteiger partial charge in [-0.2, -0.15) is 0 Å². The Morgan fingerprint density at radius 1 is 1.53 bits per heavy atom. The van der Waals surface area contributed by atoms with Crippen molar-refractivity contribution in [3.63, 3.8) is 0 Å². The Kier molecular flexibility index (Phi) is 2.26. The number of ether oxygens (including phenoxy) is 1. The summed E-state index contributed by atoms with van der Waals surface area (Å²) in [7, 11) is 0. The standard InChI is InChI=1S/C15H20O2/c1-9-5-4-6-15(3)8-13-11(7-12(9)15)10(2)14(16)17-13/h7,9,11,13H,2,4-6,8H2,1,3H3/t9?,11?,13?,15-/m1/s1. The molecule has 0 N–H and O–H groups in total. The van der Waals surface area contributed by atoms with Crippen molar-refractivity contribution in [3.8, 4) is 0 Å². The zero-order valence-electron chi connectivity index (χ0n) is 10.7. The van der Waals surface area contributed by atoms with E-state index in [9.17, 15) is 4.79 Å². The molecule has 4 atom stereocenters. The molecule has 3 unspecified atom stereocenters. The minimum Gasteiger partial charge on any atom is -0.458 e. The van der Waals surface area contributed by atoms with E-state index in [4.69, 9.17) is 4.74 Å². The topological polar surface area (TPSA) is 26.3 Å². The lowest BCUT2D eigenvalue weighted by molar-refractivity contribution is -0.140. The lowest BCUT2D eigenvalue weighted by atomic mass is 9.60. The second kappa shape index (κ2) is 3.47. The molecule has 1 aliphatic heterocycles. The Balaban J connectivity index is 2.01. The highest BCUT2D eigenvalue weighted by molar-refractivity contribution is 5.91. The van der Waals surface area contributed by atoms with Gasteiger partial charge in [-0.05, 0) is 30.6 Å². The fourth-order valence-corrected chi connectivity index (χ4v) is 3.94. The predicted octanol–water partition coefficient (Wildman–Crippen LogP) is 3.24. The van der Waals surface area contributed by atoms with Crippen LogP contribution in [0, 0.1) is 17.3 Å². The van der Waals surface area contributed by atoms with E-state index in [-0.39, 0.29) is 23.4 Å². The molecule has 0 spiro atoms. The van der Waals surface area contributed by atoms with Gasteiger partial charge in [0.1, 0.15) is 6.10 Å². The first-order valence-corrected chi connectivity index (χ1v) is 6.63. The number of carbonyl (C=O) groups excluding carboxylic acids is 1. The highest BCUT2D eigenvalue weighted by Crippen LogP contribution is 2.53. The minimum atomic E-state index is -0.188.